The summed E-state index contributed by atoms with van der Waals surface area (Å²) in [6.45, 7) is 6.36. The van der Waals surface area contributed by atoms with E-state index in [2.05, 4.69) is 31.1 Å². The molecule has 19 heavy (non-hydrogen) atoms. The highest BCUT2D eigenvalue weighted by atomic mass is 32.1. The Morgan fingerprint density at radius 1 is 1.37 bits per heavy atom. The van der Waals surface area contributed by atoms with Crippen LogP contribution in [-0.2, 0) is 11.8 Å². The smallest absolute Gasteiger partial charge is 0.153 e. The van der Waals surface area contributed by atoms with Gasteiger partial charge in [0.1, 0.15) is 5.82 Å². The maximum absolute atomic E-state index is 13.2. The molecule has 0 aliphatic carbocycles. The predicted octanol–water partition coefficient (Wildman–Crippen LogP) is 3.98. The van der Waals surface area contributed by atoms with Gasteiger partial charge in [-0.05, 0) is 17.7 Å². The summed E-state index contributed by atoms with van der Waals surface area (Å²) in [4.78, 5) is 15.3. The Labute approximate surface area is 116 Å². The molecule has 0 N–H and O–H groups in total. The SMILES string of the molecule is CC(C)(C)c1csc(Cc2ccc(F)c(C=O)c2)n1. The van der Waals surface area contributed by atoms with Gasteiger partial charge in [-0.2, -0.15) is 0 Å². The fourth-order valence-corrected chi connectivity index (χ4v) is 2.76. The first-order valence-corrected chi connectivity index (χ1v) is 6.96. The minimum atomic E-state index is -0.478. The van der Waals surface area contributed by atoms with Crippen molar-refractivity contribution < 1.29 is 9.18 Å². The highest BCUT2D eigenvalue weighted by molar-refractivity contribution is 7.09. The zero-order valence-electron chi connectivity index (χ0n) is 11.2. The molecule has 1 heterocycles. The molecule has 100 valence electrons. The van der Waals surface area contributed by atoms with Gasteiger partial charge >= 0.3 is 0 Å². The molecular weight excluding hydrogens is 261 g/mol. The van der Waals surface area contributed by atoms with E-state index in [1.54, 1.807) is 23.5 Å². The molecule has 0 aliphatic rings. The van der Waals surface area contributed by atoms with Crippen LogP contribution in [0.2, 0.25) is 0 Å². The normalized spacial score (nSPS) is 11.6. The Kier molecular flexibility index (Phi) is 3.80. The lowest BCUT2D eigenvalue weighted by Crippen LogP contribution is -2.11. The summed E-state index contributed by atoms with van der Waals surface area (Å²) in [5.74, 6) is -0.478. The minimum absolute atomic E-state index is 0.0332. The first kappa shape index (κ1) is 13.9. The van der Waals surface area contributed by atoms with Crippen LogP contribution < -0.4 is 0 Å². The molecular formula is C15H16FNOS. The minimum Gasteiger partial charge on any atom is -0.298 e. The van der Waals surface area contributed by atoms with Gasteiger partial charge in [-0.15, -0.1) is 11.3 Å². The van der Waals surface area contributed by atoms with E-state index in [1.165, 1.54) is 6.07 Å². The van der Waals surface area contributed by atoms with Gasteiger partial charge in [0.05, 0.1) is 16.3 Å². The Balaban J connectivity index is 2.22. The number of thiazole rings is 1. The van der Waals surface area contributed by atoms with E-state index < -0.39 is 5.82 Å². The van der Waals surface area contributed by atoms with Crippen molar-refractivity contribution in [3.05, 3.63) is 51.2 Å². The molecule has 2 nitrogen and oxygen atoms in total. The van der Waals surface area contributed by atoms with Gasteiger partial charge < -0.3 is 0 Å². The highest BCUT2D eigenvalue weighted by Gasteiger charge is 2.17. The van der Waals surface area contributed by atoms with Crippen molar-refractivity contribution in [2.75, 3.05) is 0 Å². The van der Waals surface area contributed by atoms with Gasteiger partial charge in [0.25, 0.3) is 0 Å². The zero-order valence-corrected chi connectivity index (χ0v) is 12.1. The average molecular weight is 277 g/mol. The third-order valence-electron chi connectivity index (χ3n) is 2.86. The average Bonchev–Trinajstić information content (AvgIpc) is 2.80. The van der Waals surface area contributed by atoms with E-state index in [9.17, 15) is 9.18 Å². The van der Waals surface area contributed by atoms with Gasteiger partial charge in [-0.3, -0.25) is 4.79 Å². The van der Waals surface area contributed by atoms with E-state index in [4.69, 9.17) is 0 Å². The second-order valence-electron chi connectivity index (χ2n) is 5.53. The number of aldehydes is 1. The van der Waals surface area contributed by atoms with Crippen LogP contribution >= 0.6 is 11.3 Å². The first-order chi connectivity index (χ1) is 8.90. The Morgan fingerprint density at radius 3 is 2.68 bits per heavy atom. The maximum Gasteiger partial charge on any atom is 0.153 e. The first-order valence-electron chi connectivity index (χ1n) is 6.08. The van der Waals surface area contributed by atoms with E-state index in [0.29, 0.717) is 12.7 Å². The molecule has 4 heteroatoms. The lowest BCUT2D eigenvalue weighted by Gasteiger charge is -2.14. The molecule has 2 aromatic rings. The van der Waals surface area contributed by atoms with E-state index in [1.807, 2.05) is 0 Å². The van der Waals surface area contributed by atoms with Crippen LogP contribution in [0.1, 0.15) is 47.4 Å². The number of nitrogens with zero attached hydrogens (tertiary/aromatic N) is 1. The third kappa shape index (κ3) is 3.26. The molecule has 0 saturated carbocycles. The summed E-state index contributed by atoms with van der Waals surface area (Å²) < 4.78 is 13.2. The van der Waals surface area contributed by atoms with Crippen molar-refractivity contribution in [3.8, 4) is 0 Å². The number of halogens is 1. The molecule has 0 unspecified atom stereocenters. The van der Waals surface area contributed by atoms with Crippen LogP contribution in [0.3, 0.4) is 0 Å². The highest BCUT2D eigenvalue weighted by Crippen LogP contribution is 2.25. The molecule has 0 amide bonds. The maximum atomic E-state index is 13.2. The van der Waals surface area contributed by atoms with Crippen molar-refractivity contribution in [3.63, 3.8) is 0 Å². The quantitative estimate of drug-likeness (QED) is 0.794. The Hall–Kier alpha value is -1.55. The fourth-order valence-electron chi connectivity index (χ4n) is 1.70. The molecule has 2 rings (SSSR count). The summed E-state index contributed by atoms with van der Waals surface area (Å²) in [7, 11) is 0. The molecule has 1 aromatic heterocycles. The van der Waals surface area contributed by atoms with Crippen LogP contribution in [0.15, 0.2) is 23.6 Å². The molecule has 0 bridgehead atoms. The molecule has 1 aromatic carbocycles. The fraction of sp³-hybridized carbons (Fsp3) is 0.333. The van der Waals surface area contributed by atoms with Crippen LogP contribution in [0.25, 0.3) is 0 Å². The summed E-state index contributed by atoms with van der Waals surface area (Å²) in [5.41, 5.74) is 2.10. The number of aromatic nitrogens is 1. The summed E-state index contributed by atoms with van der Waals surface area (Å²) >= 11 is 1.60. The van der Waals surface area contributed by atoms with Gasteiger partial charge in [0.15, 0.2) is 6.29 Å². The monoisotopic (exact) mass is 277 g/mol. The van der Waals surface area contributed by atoms with E-state index in [-0.39, 0.29) is 11.0 Å². The number of hydrogen-bond donors (Lipinski definition) is 0. The van der Waals surface area contributed by atoms with Crippen molar-refractivity contribution in [2.45, 2.75) is 32.6 Å². The second-order valence-corrected chi connectivity index (χ2v) is 6.47. The van der Waals surface area contributed by atoms with Crippen molar-refractivity contribution in [2.24, 2.45) is 0 Å². The van der Waals surface area contributed by atoms with Gasteiger partial charge in [0, 0.05) is 17.2 Å². The van der Waals surface area contributed by atoms with Crippen LogP contribution in [0, 0.1) is 5.82 Å². The van der Waals surface area contributed by atoms with Crippen molar-refractivity contribution in [1.29, 1.82) is 0 Å². The number of rotatable bonds is 3. The lowest BCUT2D eigenvalue weighted by atomic mass is 9.93. The van der Waals surface area contributed by atoms with Crippen molar-refractivity contribution >= 4 is 17.6 Å². The number of carbonyl (C=O) groups excluding carboxylic acids is 1. The molecule has 0 radical (unpaired) electrons. The second kappa shape index (κ2) is 5.21. The van der Waals surface area contributed by atoms with Crippen LogP contribution in [-0.4, -0.2) is 11.3 Å². The Morgan fingerprint density at radius 2 is 2.11 bits per heavy atom. The summed E-state index contributed by atoms with van der Waals surface area (Å²) in [6.07, 6.45) is 1.17. The number of hydrogen-bond acceptors (Lipinski definition) is 3. The van der Waals surface area contributed by atoms with E-state index in [0.717, 1.165) is 16.3 Å². The third-order valence-corrected chi connectivity index (χ3v) is 3.71. The molecule has 0 aliphatic heterocycles. The lowest BCUT2D eigenvalue weighted by molar-refractivity contribution is 0.111. The van der Waals surface area contributed by atoms with Crippen molar-refractivity contribution in [1.82, 2.24) is 4.98 Å². The summed E-state index contributed by atoms with van der Waals surface area (Å²) in [5, 5.41) is 3.04. The molecule has 0 atom stereocenters. The van der Waals surface area contributed by atoms with Crippen LogP contribution in [0.5, 0.6) is 0 Å². The Bertz CT molecular complexity index is 598. The largest absolute Gasteiger partial charge is 0.298 e. The van der Waals surface area contributed by atoms with E-state index >= 15 is 0 Å². The number of benzene rings is 1. The van der Waals surface area contributed by atoms with Gasteiger partial charge in [-0.25, -0.2) is 9.37 Å². The summed E-state index contributed by atoms with van der Waals surface area (Å²) in [6, 6.07) is 4.61. The predicted molar refractivity (Wildman–Crippen MR) is 75.4 cm³/mol. The van der Waals surface area contributed by atoms with Gasteiger partial charge in [-0.1, -0.05) is 26.8 Å². The molecule has 0 spiro atoms. The standard InChI is InChI=1S/C15H16FNOS/c1-15(2,3)13-9-19-14(17-13)7-10-4-5-12(16)11(6-10)8-18/h4-6,8-9H,7H2,1-3H3. The molecule has 0 saturated heterocycles. The topological polar surface area (TPSA) is 30.0 Å². The number of carbonyl (C=O) groups is 1. The van der Waals surface area contributed by atoms with Crippen LogP contribution in [0.4, 0.5) is 4.39 Å². The van der Waals surface area contributed by atoms with Gasteiger partial charge in [0.2, 0.25) is 0 Å². The zero-order chi connectivity index (χ0) is 14.0. The molecule has 0 fully saturated rings.